The number of hydrogen-bond donors (Lipinski definition) is 1. The molecular formula is C39H57N3O5. The van der Waals surface area contributed by atoms with Gasteiger partial charge in [0.05, 0.1) is 6.17 Å². The molecule has 47 heavy (non-hydrogen) atoms. The standard InChI is InChI=1S/C39H57N3O5/c1-9-30(26-32(41(12-4)13-5)42-25-17-20-33(42)43)39(8,10-2)34(36(44)27(6)7)35(40-11-3)38(46)47-31-23-21-29(22-24-31)37(45)28-18-15-14-16-19-28/h14-16,18-19,21-24,27,30,32,34-35,40H,9-13,17,20,25-26H2,1-8H3. The monoisotopic (exact) mass is 647 g/mol. The van der Waals surface area contributed by atoms with Gasteiger partial charge in [-0.25, -0.2) is 4.79 Å². The molecule has 1 aliphatic rings. The molecule has 258 valence electrons. The molecule has 1 amide bonds. The number of carbonyl (C=O) groups excluding carboxylic acids is 4. The fraction of sp³-hybridized carbons (Fsp3) is 0.590. The Kier molecular flexibility index (Phi) is 14.3. The molecule has 0 radical (unpaired) electrons. The fourth-order valence-corrected chi connectivity index (χ4v) is 7.42. The Balaban J connectivity index is 1.97. The van der Waals surface area contributed by atoms with Crippen molar-refractivity contribution in [3.8, 4) is 5.75 Å². The number of likely N-dealkylation sites (tertiary alicyclic amines) is 1. The van der Waals surface area contributed by atoms with Crippen molar-refractivity contribution in [2.45, 2.75) is 99.7 Å². The third-order valence-corrected chi connectivity index (χ3v) is 10.4. The van der Waals surface area contributed by atoms with Crippen LogP contribution in [0.1, 0.15) is 103 Å². The van der Waals surface area contributed by atoms with Gasteiger partial charge in [-0.05, 0) is 74.5 Å². The molecule has 8 nitrogen and oxygen atoms in total. The normalized spacial score (nSPS) is 17.3. The Bertz CT molecular complexity index is 1320. The zero-order chi connectivity index (χ0) is 34.7. The minimum Gasteiger partial charge on any atom is -0.425 e. The number of likely N-dealkylation sites (N-methyl/N-ethyl adjacent to an activating group) is 1. The van der Waals surface area contributed by atoms with Crippen molar-refractivity contribution < 1.29 is 23.9 Å². The van der Waals surface area contributed by atoms with Gasteiger partial charge in [0.25, 0.3) is 0 Å². The summed E-state index contributed by atoms with van der Waals surface area (Å²) in [6.07, 6.45) is 3.58. The van der Waals surface area contributed by atoms with Crippen LogP contribution in [0, 0.1) is 23.2 Å². The summed E-state index contributed by atoms with van der Waals surface area (Å²) < 4.78 is 5.96. The van der Waals surface area contributed by atoms with Crippen LogP contribution < -0.4 is 10.1 Å². The van der Waals surface area contributed by atoms with Crippen LogP contribution in [-0.4, -0.2) is 71.6 Å². The molecule has 0 aromatic heterocycles. The number of esters is 1. The van der Waals surface area contributed by atoms with E-state index in [2.05, 4.69) is 44.8 Å². The number of hydrogen-bond acceptors (Lipinski definition) is 7. The lowest BCUT2D eigenvalue weighted by Crippen LogP contribution is -2.57. The minimum absolute atomic E-state index is 0.0242. The first-order valence-electron chi connectivity index (χ1n) is 17.7. The highest BCUT2D eigenvalue weighted by Crippen LogP contribution is 2.47. The molecule has 2 aromatic rings. The summed E-state index contributed by atoms with van der Waals surface area (Å²) in [6, 6.07) is 14.7. The molecule has 5 atom stereocenters. The van der Waals surface area contributed by atoms with E-state index >= 15 is 0 Å². The molecule has 1 aliphatic heterocycles. The molecule has 1 heterocycles. The van der Waals surface area contributed by atoms with Crippen molar-refractivity contribution >= 4 is 23.4 Å². The summed E-state index contributed by atoms with van der Waals surface area (Å²) in [6.45, 7) is 19.2. The van der Waals surface area contributed by atoms with Crippen LogP contribution >= 0.6 is 0 Å². The van der Waals surface area contributed by atoms with E-state index in [0.29, 0.717) is 36.3 Å². The van der Waals surface area contributed by atoms with Crippen molar-refractivity contribution in [2.24, 2.45) is 23.2 Å². The van der Waals surface area contributed by atoms with Gasteiger partial charge < -0.3 is 15.0 Å². The molecule has 2 aromatic carbocycles. The summed E-state index contributed by atoms with van der Waals surface area (Å²) in [7, 11) is 0. The predicted molar refractivity (Wildman–Crippen MR) is 187 cm³/mol. The van der Waals surface area contributed by atoms with Crippen LogP contribution in [0.3, 0.4) is 0 Å². The molecule has 0 saturated carbocycles. The summed E-state index contributed by atoms with van der Waals surface area (Å²) in [5.41, 5.74) is 0.513. The number of rotatable bonds is 19. The Morgan fingerprint density at radius 3 is 2.04 bits per heavy atom. The van der Waals surface area contributed by atoms with Crippen molar-refractivity contribution in [1.29, 1.82) is 0 Å². The van der Waals surface area contributed by atoms with Gasteiger partial charge in [-0.3, -0.25) is 19.3 Å². The van der Waals surface area contributed by atoms with Gasteiger partial charge >= 0.3 is 5.97 Å². The zero-order valence-electron chi connectivity index (χ0n) is 29.9. The average Bonchev–Trinajstić information content (AvgIpc) is 3.51. The number of nitrogens with zero attached hydrogens (tertiary/aromatic N) is 2. The second kappa shape index (κ2) is 17.7. The minimum atomic E-state index is -0.875. The third kappa shape index (κ3) is 8.96. The summed E-state index contributed by atoms with van der Waals surface area (Å²) in [5.74, 6) is -0.993. The first-order chi connectivity index (χ1) is 22.5. The van der Waals surface area contributed by atoms with Gasteiger partial charge in [0, 0.05) is 35.9 Å². The Hall–Kier alpha value is -3.36. The van der Waals surface area contributed by atoms with E-state index in [9.17, 15) is 19.2 Å². The van der Waals surface area contributed by atoms with Crippen LogP contribution in [0.4, 0.5) is 0 Å². The van der Waals surface area contributed by atoms with E-state index in [1.165, 1.54) is 0 Å². The number of ketones is 2. The number of carbonyl (C=O) groups is 4. The van der Waals surface area contributed by atoms with Crippen molar-refractivity contribution in [3.63, 3.8) is 0 Å². The largest absolute Gasteiger partial charge is 0.425 e. The Morgan fingerprint density at radius 1 is 0.936 bits per heavy atom. The Morgan fingerprint density at radius 2 is 1.55 bits per heavy atom. The lowest BCUT2D eigenvalue weighted by molar-refractivity contribution is -0.148. The maximum atomic E-state index is 14.3. The summed E-state index contributed by atoms with van der Waals surface area (Å²) >= 11 is 0. The van der Waals surface area contributed by atoms with Gasteiger partial charge in [0.1, 0.15) is 17.6 Å². The van der Waals surface area contributed by atoms with Crippen molar-refractivity contribution in [2.75, 3.05) is 26.2 Å². The molecule has 1 saturated heterocycles. The predicted octanol–water partition coefficient (Wildman–Crippen LogP) is 6.77. The zero-order valence-corrected chi connectivity index (χ0v) is 29.9. The lowest BCUT2D eigenvalue weighted by Gasteiger charge is -2.48. The molecule has 1 N–H and O–H groups in total. The lowest BCUT2D eigenvalue weighted by atomic mass is 9.59. The van der Waals surface area contributed by atoms with Crippen molar-refractivity contribution in [3.05, 3.63) is 65.7 Å². The maximum Gasteiger partial charge on any atom is 0.329 e. The number of amides is 1. The average molecular weight is 648 g/mol. The molecule has 0 spiro atoms. The number of Topliss-reactive ketones (excluding diaryl/α,β-unsaturated/α-hetero) is 1. The number of benzene rings is 2. The van der Waals surface area contributed by atoms with Crippen LogP contribution in [0.5, 0.6) is 5.75 Å². The van der Waals surface area contributed by atoms with Gasteiger partial charge in [-0.1, -0.05) is 92.1 Å². The molecule has 3 rings (SSSR count). The fourth-order valence-electron chi connectivity index (χ4n) is 7.42. The highest BCUT2D eigenvalue weighted by Gasteiger charge is 2.51. The number of nitrogens with one attached hydrogen (secondary N) is 1. The molecule has 8 heteroatoms. The van der Waals surface area contributed by atoms with Crippen LogP contribution in [0.15, 0.2) is 54.6 Å². The first-order valence-corrected chi connectivity index (χ1v) is 17.7. The highest BCUT2D eigenvalue weighted by molar-refractivity contribution is 6.09. The molecular weight excluding hydrogens is 590 g/mol. The van der Waals surface area contributed by atoms with E-state index in [1.54, 1.807) is 36.4 Å². The summed E-state index contributed by atoms with van der Waals surface area (Å²) in [4.78, 5) is 58.7. The SMILES string of the molecule is CCNC(C(=O)Oc1ccc(C(=O)c2ccccc2)cc1)C(C(=O)C(C)C)C(C)(CC)C(CC)CC(N(CC)CC)N1CCCC1=O. The number of ether oxygens (including phenoxy) is 1. The van der Waals surface area contributed by atoms with E-state index < -0.39 is 23.3 Å². The third-order valence-electron chi connectivity index (χ3n) is 10.4. The van der Waals surface area contributed by atoms with Gasteiger partial charge in [-0.2, -0.15) is 0 Å². The second-order valence-corrected chi connectivity index (χ2v) is 13.3. The van der Waals surface area contributed by atoms with E-state index in [1.807, 2.05) is 43.9 Å². The van der Waals surface area contributed by atoms with Crippen LogP contribution in [-0.2, 0) is 14.4 Å². The quantitative estimate of drug-likeness (QED) is 0.102. The van der Waals surface area contributed by atoms with Gasteiger partial charge in [0.2, 0.25) is 5.91 Å². The molecule has 0 aliphatic carbocycles. The van der Waals surface area contributed by atoms with E-state index in [0.717, 1.165) is 38.9 Å². The first kappa shape index (κ1) is 38.1. The Labute approximate surface area is 282 Å². The van der Waals surface area contributed by atoms with E-state index in [4.69, 9.17) is 4.74 Å². The second-order valence-electron chi connectivity index (χ2n) is 13.3. The topological polar surface area (TPSA) is 96.0 Å². The summed E-state index contributed by atoms with van der Waals surface area (Å²) in [5, 5.41) is 3.34. The smallest absolute Gasteiger partial charge is 0.329 e. The molecule has 0 bridgehead atoms. The van der Waals surface area contributed by atoms with Crippen LogP contribution in [0.2, 0.25) is 0 Å². The highest BCUT2D eigenvalue weighted by atomic mass is 16.5. The van der Waals surface area contributed by atoms with Crippen molar-refractivity contribution in [1.82, 2.24) is 15.1 Å². The molecule has 5 unspecified atom stereocenters. The van der Waals surface area contributed by atoms with Gasteiger partial charge in [0.15, 0.2) is 5.78 Å². The molecule has 1 fully saturated rings. The van der Waals surface area contributed by atoms with E-state index in [-0.39, 0.29) is 35.5 Å². The van der Waals surface area contributed by atoms with Gasteiger partial charge in [-0.15, -0.1) is 0 Å². The van der Waals surface area contributed by atoms with Crippen LogP contribution in [0.25, 0.3) is 0 Å². The maximum absolute atomic E-state index is 14.3.